The molecule has 0 radical (unpaired) electrons. The van der Waals surface area contributed by atoms with Crippen LogP contribution in [0, 0.1) is 5.92 Å². The summed E-state index contributed by atoms with van der Waals surface area (Å²) in [6.07, 6.45) is 0.653. The third-order valence-corrected chi connectivity index (χ3v) is 7.04. The predicted molar refractivity (Wildman–Crippen MR) is 138 cm³/mol. The Kier molecular flexibility index (Phi) is 9.24. The van der Waals surface area contributed by atoms with E-state index >= 15 is 0 Å². The molecular formula is C23H24Cl3N5O2S. The molecule has 1 aromatic heterocycles. The SMILES string of the molecule is CC(C)C[C@@H](NC(=O)c1ccccc1Cl)c1nnc(SCC(=O)Nc2cccc(Cl)c2Cl)n1C. The fraction of sp³-hybridized carbons (Fsp3) is 0.304. The van der Waals surface area contributed by atoms with Crippen LogP contribution < -0.4 is 10.6 Å². The van der Waals surface area contributed by atoms with Gasteiger partial charge in [-0.15, -0.1) is 10.2 Å². The van der Waals surface area contributed by atoms with Gasteiger partial charge in [0.2, 0.25) is 5.91 Å². The number of nitrogens with one attached hydrogen (secondary N) is 2. The zero-order valence-corrected chi connectivity index (χ0v) is 21.9. The molecule has 0 aliphatic carbocycles. The van der Waals surface area contributed by atoms with Gasteiger partial charge in [-0.3, -0.25) is 9.59 Å². The molecule has 0 saturated carbocycles. The molecular weight excluding hydrogens is 517 g/mol. The maximum Gasteiger partial charge on any atom is 0.253 e. The molecule has 3 aromatic rings. The molecule has 7 nitrogen and oxygen atoms in total. The zero-order chi connectivity index (χ0) is 24.8. The Morgan fingerprint density at radius 3 is 2.44 bits per heavy atom. The van der Waals surface area contributed by atoms with Crippen LogP contribution in [-0.4, -0.2) is 32.3 Å². The molecule has 0 aliphatic rings. The molecule has 0 fully saturated rings. The summed E-state index contributed by atoms with van der Waals surface area (Å²) in [4.78, 5) is 25.3. The van der Waals surface area contributed by atoms with Crippen molar-refractivity contribution in [1.82, 2.24) is 20.1 Å². The van der Waals surface area contributed by atoms with Crippen LogP contribution in [0.5, 0.6) is 0 Å². The van der Waals surface area contributed by atoms with Crippen LogP contribution in [0.25, 0.3) is 0 Å². The van der Waals surface area contributed by atoms with Crippen molar-refractivity contribution in [2.24, 2.45) is 13.0 Å². The fourth-order valence-electron chi connectivity index (χ4n) is 3.25. The number of nitrogens with zero attached hydrogens (tertiary/aromatic N) is 3. The minimum absolute atomic E-state index is 0.0929. The quantitative estimate of drug-likeness (QED) is 0.324. The molecule has 0 bridgehead atoms. The van der Waals surface area contributed by atoms with Crippen molar-refractivity contribution in [3.63, 3.8) is 0 Å². The van der Waals surface area contributed by atoms with Gasteiger partial charge in [0.15, 0.2) is 11.0 Å². The van der Waals surface area contributed by atoms with Crippen LogP contribution in [-0.2, 0) is 11.8 Å². The van der Waals surface area contributed by atoms with E-state index in [1.807, 2.05) is 0 Å². The van der Waals surface area contributed by atoms with Gasteiger partial charge in [0, 0.05) is 7.05 Å². The molecule has 0 unspecified atom stereocenters. The van der Waals surface area contributed by atoms with E-state index in [1.165, 1.54) is 11.8 Å². The molecule has 34 heavy (non-hydrogen) atoms. The smallest absolute Gasteiger partial charge is 0.253 e. The Labute approximate surface area is 217 Å². The number of aromatic nitrogens is 3. The third kappa shape index (κ3) is 6.66. The van der Waals surface area contributed by atoms with Crippen molar-refractivity contribution in [2.45, 2.75) is 31.5 Å². The number of amides is 2. The van der Waals surface area contributed by atoms with Crippen LogP contribution in [0.15, 0.2) is 47.6 Å². The van der Waals surface area contributed by atoms with Crippen molar-refractivity contribution in [1.29, 1.82) is 0 Å². The highest BCUT2D eigenvalue weighted by atomic mass is 35.5. The second-order valence-corrected chi connectivity index (χ2v) is 10.1. The van der Waals surface area contributed by atoms with Crippen LogP contribution in [0.2, 0.25) is 15.1 Å². The van der Waals surface area contributed by atoms with E-state index < -0.39 is 0 Å². The molecule has 11 heteroatoms. The van der Waals surface area contributed by atoms with Gasteiger partial charge in [0.1, 0.15) is 0 Å². The predicted octanol–water partition coefficient (Wildman–Crippen LogP) is 6.02. The first kappa shape index (κ1) is 26.3. The Hall–Kier alpha value is -2.26. The van der Waals surface area contributed by atoms with E-state index in [-0.39, 0.29) is 34.5 Å². The maximum absolute atomic E-state index is 12.9. The normalized spacial score (nSPS) is 12.0. The summed E-state index contributed by atoms with van der Waals surface area (Å²) in [6, 6.07) is 11.5. The molecule has 0 aliphatic heterocycles. The molecule has 3 rings (SSSR count). The summed E-state index contributed by atoms with van der Waals surface area (Å²) in [5.41, 5.74) is 0.837. The lowest BCUT2D eigenvalue weighted by atomic mass is 10.0. The van der Waals surface area contributed by atoms with E-state index in [0.717, 1.165) is 0 Å². The van der Waals surface area contributed by atoms with Gasteiger partial charge in [0.25, 0.3) is 5.91 Å². The number of anilines is 1. The third-order valence-electron chi connectivity index (χ3n) is 4.87. The average Bonchev–Trinajstić information content (AvgIpc) is 3.15. The van der Waals surface area contributed by atoms with Gasteiger partial charge < -0.3 is 15.2 Å². The monoisotopic (exact) mass is 539 g/mol. The van der Waals surface area contributed by atoms with Gasteiger partial charge in [-0.25, -0.2) is 0 Å². The van der Waals surface area contributed by atoms with Gasteiger partial charge in [-0.2, -0.15) is 0 Å². The first-order chi connectivity index (χ1) is 16.2. The van der Waals surface area contributed by atoms with Crippen molar-refractivity contribution in [2.75, 3.05) is 11.1 Å². The van der Waals surface area contributed by atoms with Crippen LogP contribution in [0.4, 0.5) is 5.69 Å². The number of halogens is 3. The summed E-state index contributed by atoms with van der Waals surface area (Å²) in [7, 11) is 1.80. The highest BCUT2D eigenvalue weighted by Gasteiger charge is 2.24. The number of rotatable bonds is 9. The molecule has 1 heterocycles. The Morgan fingerprint density at radius 2 is 1.74 bits per heavy atom. The maximum atomic E-state index is 12.9. The van der Waals surface area contributed by atoms with Crippen LogP contribution in [0.1, 0.15) is 42.5 Å². The number of hydrogen-bond acceptors (Lipinski definition) is 5. The van der Waals surface area contributed by atoms with Gasteiger partial charge >= 0.3 is 0 Å². The van der Waals surface area contributed by atoms with Crippen molar-refractivity contribution in [3.8, 4) is 0 Å². The van der Waals surface area contributed by atoms with Crippen molar-refractivity contribution < 1.29 is 9.59 Å². The van der Waals surface area contributed by atoms with E-state index in [2.05, 4.69) is 34.7 Å². The average molecular weight is 541 g/mol. The van der Waals surface area contributed by atoms with E-state index in [1.54, 1.807) is 54.1 Å². The highest BCUT2D eigenvalue weighted by molar-refractivity contribution is 7.99. The molecule has 1 atom stereocenters. The minimum atomic E-state index is -0.380. The molecule has 2 aromatic carbocycles. The van der Waals surface area contributed by atoms with Crippen molar-refractivity contribution >= 4 is 64.1 Å². The summed E-state index contributed by atoms with van der Waals surface area (Å²) < 4.78 is 1.78. The Balaban J connectivity index is 1.70. The number of carbonyl (C=O) groups excluding carboxylic acids is 2. The largest absolute Gasteiger partial charge is 0.342 e. The molecule has 180 valence electrons. The molecule has 2 amide bonds. The lowest BCUT2D eigenvalue weighted by Crippen LogP contribution is -2.31. The second-order valence-electron chi connectivity index (χ2n) is 7.97. The van der Waals surface area contributed by atoms with Crippen LogP contribution >= 0.6 is 46.6 Å². The number of carbonyl (C=O) groups is 2. The van der Waals surface area contributed by atoms with Crippen LogP contribution in [0.3, 0.4) is 0 Å². The van der Waals surface area contributed by atoms with E-state index in [4.69, 9.17) is 34.8 Å². The van der Waals surface area contributed by atoms with E-state index in [0.29, 0.717) is 38.7 Å². The Morgan fingerprint density at radius 1 is 1.03 bits per heavy atom. The fourth-order valence-corrected chi connectivity index (χ4v) is 4.54. The lowest BCUT2D eigenvalue weighted by Gasteiger charge is -2.20. The van der Waals surface area contributed by atoms with E-state index in [9.17, 15) is 9.59 Å². The lowest BCUT2D eigenvalue weighted by molar-refractivity contribution is -0.113. The first-order valence-electron chi connectivity index (χ1n) is 10.5. The minimum Gasteiger partial charge on any atom is -0.342 e. The standard InChI is InChI=1S/C23H24Cl3N5O2S/c1-13(2)11-18(28-22(33)14-7-4-5-8-15(14)24)21-29-30-23(31(21)3)34-12-19(32)27-17-10-6-9-16(25)20(17)26/h4-10,13,18H,11-12H2,1-3H3,(H,27,32)(H,28,33)/t18-/m1/s1. The first-order valence-corrected chi connectivity index (χ1v) is 12.6. The highest BCUT2D eigenvalue weighted by Crippen LogP contribution is 2.30. The second kappa shape index (κ2) is 11.9. The van der Waals surface area contributed by atoms with Crippen molar-refractivity contribution in [3.05, 3.63) is 68.9 Å². The molecule has 2 N–H and O–H groups in total. The molecule has 0 spiro atoms. The summed E-state index contributed by atoms with van der Waals surface area (Å²) in [5.74, 6) is 0.429. The zero-order valence-electron chi connectivity index (χ0n) is 18.8. The Bertz CT molecular complexity index is 1190. The van der Waals surface area contributed by atoms with Gasteiger partial charge in [-0.1, -0.05) is 78.6 Å². The topological polar surface area (TPSA) is 88.9 Å². The number of benzene rings is 2. The van der Waals surface area contributed by atoms with Gasteiger partial charge in [-0.05, 0) is 36.6 Å². The molecule has 0 saturated heterocycles. The number of thioether (sulfide) groups is 1. The summed E-state index contributed by atoms with van der Waals surface area (Å²) in [5, 5.41) is 15.9. The summed E-state index contributed by atoms with van der Waals surface area (Å²) >= 11 is 19.5. The summed E-state index contributed by atoms with van der Waals surface area (Å²) in [6.45, 7) is 4.12. The number of hydrogen-bond donors (Lipinski definition) is 2. The van der Waals surface area contributed by atoms with Gasteiger partial charge in [0.05, 0.1) is 38.1 Å².